The highest BCUT2D eigenvalue weighted by molar-refractivity contribution is 5.96. The van der Waals surface area contributed by atoms with Crippen LogP contribution in [0, 0.1) is 5.92 Å². The third kappa shape index (κ3) is 5.38. The minimum Gasteiger partial charge on any atom is -0.383 e. The summed E-state index contributed by atoms with van der Waals surface area (Å²) in [6.07, 6.45) is 8.79. The number of amides is 1. The Kier molecular flexibility index (Phi) is 8.31. The number of methoxy groups -OCH3 is 1. The lowest BCUT2D eigenvalue weighted by atomic mass is 9.78. The molecule has 2 fully saturated rings. The number of piperidine rings is 1. The lowest BCUT2D eigenvalue weighted by Gasteiger charge is -2.44. The van der Waals surface area contributed by atoms with E-state index in [0.29, 0.717) is 18.5 Å². The smallest absolute Gasteiger partial charge is 0.330 e. The van der Waals surface area contributed by atoms with E-state index in [0.717, 1.165) is 32.2 Å². The zero-order chi connectivity index (χ0) is 22.4. The molecular weight excluding hydrogens is 398 g/mol. The Bertz CT molecular complexity index is 862. The summed E-state index contributed by atoms with van der Waals surface area (Å²) in [6, 6.07) is 0.435. The highest BCUT2D eigenvalue weighted by Gasteiger charge is 2.35. The largest absolute Gasteiger partial charge is 0.383 e. The number of H-pyrrole nitrogens is 1. The first kappa shape index (κ1) is 23.5. The molecule has 1 saturated heterocycles. The van der Waals surface area contributed by atoms with Gasteiger partial charge in [0.05, 0.1) is 13.2 Å². The summed E-state index contributed by atoms with van der Waals surface area (Å²) >= 11 is 0. The fourth-order valence-corrected chi connectivity index (χ4v) is 5.10. The number of ether oxygens (including phenoxy) is 1. The van der Waals surface area contributed by atoms with E-state index < -0.39 is 11.2 Å². The number of nitrogens with two attached hydrogens (primary N) is 1. The molecule has 0 spiro atoms. The van der Waals surface area contributed by atoms with Gasteiger partial charge in [-0.15, -0.1) is 0 Å². The Hall–Kier alpha value is -2.13. The Balaban J connectivity index is 1.88. The SMILES string of the molecule is CCCCn1c(N)c(N(CCOC)C(=O)CN2CCC[C@@H]3CCCC[C@@H]32)c(=O)[nH]c1=O. The molecule has 0 bridgehead atoms. The molecule has 9 heteroatoms. The van der Waals surface area contributed by atoms with Crippen LogP contribution in [-0.2, 0) is 16.1 Å². The number of anilines is 2. The van der Waals surface area contributed by atoms with E-state index in [2.05, 4.69) is 9.88 Å². The Labute approximate surface area is 183 Å². The predicted octanol–water partition coefficient (Wildman–Crippen LogP) is 1.55. The number of carbonyl (C=O) groups excluding carboxylic acids is 1. The van der Waals surface area contributed by atoms with Gasteiger partial charge in [0.2, 0.25) is 5.91 Å². The van der Waals surface area contributed by atoms with Crippen LogP contribution < -0.4 is 21.9 Å². The van der Waals surface area contributed by atoms with E-state index in [9.17, 15) is 14.4 Å². The van der Waals surface area contributed by atoms with Crippen molar-refractivity contribution < 1.29 is 9.53 Å². The highest BCUT2D eigenvalue weighted by Crippen LogP contribution is 2.35. The highest BCUT2D eigenvalue weighted by atomic mass is 16.5. The molecule has 2 atom stereocenters. The van der Waals surface area contributed by atoms with Gasteiger partial charge in [0.1, 0.15) is 5.82 Å². The zero-order valence-electron chi connectivity index (χ0n) is 18.9. The second-order valence-corrected chi connectivity index (χ2v) is 8.76. The quantitative estimate of drug-likeness (QED) is 0.608. The molecule has 1 aromatic heterocycles. The number of likely N-dealkylation sites (tertiary alicyclic amines) is 1. The molecule has 2 heterocycles. The fraction of sp³-hybridized carbons (Fsp3) is 0.773. The van der Waals surface area contributed by atoms with Crippen LogP contribution >= 0.6 is 0 Å². The number of nitrogen functional groups attached to an aromatic ring is 1. The first-order valence-electron chi connectivity index (χ1n) is 11.6. The van der Waals surface area contributed by atoms with Crippen LogP contribution in [0.4, 0.5) is 11.5 Å². The lowest BCUT2D eigenvalue weighted by molar-refractivity contribution is -0.121. The van der Waals surface area contributed by atoms with Gasteiger partial charge in [0.15, 0.2) is 5.69 Å². The van der Waals surface area contributed by atoms with Crippen LogP contribution in [0.25, 0.3) is 0 Å². The monoisotopic (exact) mass is 435 g/mol. The van der Waals surface area contributed by atoms with Crippen LogP contribution in [0.15, 0.2) is 9.59 Å². The van der Waals surface area contributed by atoms with E-state index in [-0.39, 0.29) is 37.1 Å². The minimum absolute atomic E-state index is 0.0424. The van der Waals surface area contributed by atoms with Gasteiger partial charge in [-0.1, -0.05) is 26.2 Å². The number of hydrogen-bond acceptors (Lipinski definition) is 6. The average molecular weight is 436 g/mol. The fourth-order valence-electron chi connectivity index (χ4n) is 5.10. The molecule has 9 nitrogen and oxygen atoms in total. The average Bonchev–Trinajstić information content (AvgIpc) is 2.76. The van der Waals surface area contributed by atoms with Crippen molar-refractivity contribution in [2.45, 2.75) is 70.9 Å². The maximum atomic E-state index is 13.4. The van der Waals surface area contributed by atoms with Gasteiger partial charge in [0.25, 0.3) is 5.56 Å². The van der Waals surface area contributed by atoms with Crippen LogP contribution in [-0.4, -0.2) is 59.8 Å². The molecule has 1 aromatic rings. The number of nitrogens with one attached hydrogen (secondary N) is 1. The lowest BCUT2D eigenvalue weighted by Crippen LogP contribution is -2.52. The van der Waals surface area contributed by atoms with Crippen molar-refractivity contribution in [2.24, 2.45) is 5.92 Å². The Morgan fingerprint density at radius 2 is 1.97 bits per heavy atom. The van der Waals surface area contributed by atoms with Gasteiger partial charge in [-0.05, 0) is 44.6 Å². The maximum Gasteiger partial charge on any atom is 0.330 e. The number of aromatic nitrogens is 2. The molecule has 1 aliphatic heterocycles. The van der Waals surface area contributed by atoms with Gasteiger partial charge >= 0.3 is 5.69 Å². The van der Waals surface area contributed by atoms with Gasteiger partial charge in [-0.25, -0.2) is 4.79 Å². The number of aromatic amines is 1. The number of nitrogens with zero attached hydrogens (tertiary/aromatic N) is 3. The van der Waals surface area contributed by atoms with E-state index in [4.69, 9.17) is 10.5 Å². The normalized spacial score (nSPS) is 21.6. The van der Waals surface area contributed by atoms with Crippen LogP contribution in [0.5, 0.6) is 0 Å². The molecular formula is C22H37N5O4. The van der Waals surface area contributed by atoms with Gasteiger partial charge in [0, 0.05) is 26.2 Å². The summed E-state index contributed by atoms with van der Waals surface area (Å²) in [5, 5.41) is 0. The molecule has 0 radical (unpaired) electrons. The second-order valence-electron chi connectivity index (χ2n) is 8.76. The molecule has 31 heavy (non-hydrogen) atoms. The maximum absolute atomic E-state index is 13.4. The predicted molar refractivity (Wildman–Crippen MR) is 121 cm³/mol. The summed E-state index contributed by atoms with van der Waals surface area (Å²) in [6.45, 7) is 4.03. The Morgan fingerprint density at radius 3 is 2.71 bits per heavy atom. The van der Waals surface area contributed by atoms with E-state index in [1.54, 1.807) is 7.11 Å². The number of rotatable bonds is 9. The third-order valence-corrected chi connectivity index (χ3v) is 6.74. The first-order chi connectivity index (χ1) is 15.0. The number of unbranched alkanes of at least 4 members (excludes halogenated alkanes) is 1. The van der Waals surface area contributed by atoms with Crippen molar-refractivity contribution in [3.63, 3.8) is 0 Å². The molecule has 3 N–H and O–H groups in total. The van der Waals surface area contributed by atoms with Gasteiger partial charge in [-0.3, -0.25) is 24.0 Å². The second kappa shape index (κ2) is 10.9. The minimum atomic E-state index is -0.631. The van der Waals surface area contributed by atoms with E-state index >= 15 is 0 Å². The van der Waals surface area contributed by atoms with Crippen LogP contribution in [0.3, 0.4) is 0 Å². The molecule has 2 aliphatic rings. The summed E-state index contributed by atoms with van der Waals surface area (Å²) in [7, 11) is 1.55. The summed E-state index contributed by atoms with van der Waals surface area (Å²) in [5.74, 6) is 0.522. The topological polar surface area (TPSA) is 114 Å². The molecule has 0 aromatic carbocycles. The van der Waals surface area contributed by atoms with Crippen molar-refractivity contribution in [3.8, 4) is 0 Å². The number of fused-ring (bicyclic) bond motifs is 1. The summed E-state index contributed by atoms with van der Waals surface area (Å²) in [5.41, 5.74) is 5.15. The van der Waals surface area contributed by atoms with E-state index in [1.165, 1.54) is 35.2 Å². The molecule has 3 rings (SSSR count). The van der Waals surface area contributed by atoms with Gasteiger partial charge in [-0.2, -0.15) is 0 Å². The van der Waals surface area contributed by atoms with E-state index in [1.807, 2.05) is 6.92 Å². The van der Waals surface area contributed by atoms with Gasteiger partial charge < -0.3 is 15.4 Å². The number of carbonyl (C=O) groups is 1. The number of hydrogen-bond donors (Lipinski definition) is 2. The molecule has 1 aliphatic carbocycles. The van der Waals surface area contributed by atoms with Crippen molar-refractivity contribution in [3.05, 3.63) is 20.8 Å². The third-order valence-electron chi connectivity index (χ3n) is 6.74. The first-order valence-corrected chi connectivity index (χ1v) is 11.6. The van der Waals surface area contributed by atoms with Crippen molar-refractivity contribution in [1.82, 2.24) is 14.5 Å². The summed E-state index contributed by atoms with van der Waals surface area (Å²) < 4.78 is 6.54. The molecule has 1 saturated carbocycles. The van der Waals surface area contributed by atoms with Crippen LogP contribution in [0.2, 0.25) is 0 Å². The van der Waals surface area contributed by atoms with Crippen molar-refractivity contribution >= 4 is 17.4 Å². The molecule has 1 amide bonds. The van der Waals surface area contributed by atoms with Crippen molar-refractivity contribution in [1.29, 1.82) is 0 Å². The standard InChI is InChI=1S/C22H37N5O4/c1-3-4-12-27-20(23)19(21(29)24-22(27)30)26(13-14-31-2)18(28)15-25-11-7-9-16-8-5-6-10-17(16)25/h16-17H,3-15,23H2,1-2H3,(H,24,29,30)/t16-,17-/m0/s1. The van der Waals surface area contributed by atoms with Crippen LogP contribution in [0.1, 0.15) is 58.3 Å². The summed E-state index contributed by atoms with van der Waals surface area (Å²) in [4.78, 5) is 44.5. The van der Waals surface area contributed by atoms with Crippen molar-refractivity contribution in [2.75, 3.05) is 44.0 Å². The molecule has 174 valence electrons. The molecule has 0 unspecified atom stereocenters. The Morgan fingerprint density at radius 1 is 1.23 bits per heavy atom. The zero-order valence-corrected chi connectivity index (χ0v) is 18.9.